The third-order valence-electron chi connectivity index (χ3n) is 3.59. The Bertz CT molecular complexity index is 210. The van der Waals surface area contributed by atoms with Gasteiger partial charge in [-0.1, -0.05) is 20.8 Å². The van der Waals surface area contributed by atoms with Crippen LogP contribution in [0.1, 0.15) is 27.2 Å². The highest BCUT2D eigenvalue weighted by Gasteiger charge is 2.38. The standard InChI is InChI=1S/C11H24O3Si/c1-11(2,3)15(4,5)14-8-10-9(12)6-7-13-10/h9-10,12H,6-8H2,1-5H3/t9?,10-/m1/s1. The van der Waals surface area contributed by atoms with Crippen molar-refractivity contribution in [2.75, 3.05) is 13.2 Å². The minimum absolute atomic E-state index is 0.112. The van der Waals surface area contributed by atoms with Crippen molar-refractivity contribution in [1.82, 2.24) is 0 Å². The maximum absolute atomic E-state index is 9.60. The van der Waals surface area contributed by atoms with Crippen LogP contribution in [0.5, 0.6) is 0 Å². The summed E-state index contributed by atoms with van der Waals surface area (Å²) >= 11 is 0. The molecular formula is C11H24O3Si. The molecule has 2 atom stereocenters. The van der Waals surface area contributed by atoms with E-state index in [4.69, 9.17) is 9.16 Å². The highest BCUT2D eigenvalue weighted by molar-refractivity contribution is 6.74. The number of aliphatic hydroxyl groups excluding tert-OH is 1. The zero-order chi connectivity index (χ0) is 11.7. The van der Waals surface area contributed by atoms with Gasteiger partial charge in [0.25, 0.3) is 0 Å². The Morgan fingerprint density at radius 2 is 2.00 bits per heavy atom. The molecule has 0 amide bonds. The molecule has 0 spiro atoms. The second-order valence-electron chi connectivity index (χ2n) is 5.84. The van der Waals surface area contributed by atoms with E-state index in [1.807, 2.05) is 0 Å². The van der Waals surface area contributed by atoms with Crippen LogP contribution in [0.15, 0.2) is 0 Å². The summed E-state index contributed by atoms with van der Waals surface area (Å²) in [7, 11) is -1.69. The molecule has 1 saturated heterocycles. The molecule has 0 aliphatic carbocycles. The van der Waals surface area contributed by atoms with Gasteiger partial charge in [0.05, 0.1) is 12.7 Å². The second kappa shape index (κ2) is 4.53. The molecule has 1 N–H and O–H groups in total. The van der Waals surface area contributed by atoms with Gasteiger partial charge in [0, 0.05) is 6.61 Å². The van der Waals surface area contributed by atoms with Crippen molar-refractivity contribution in [1.29, 1.82) is 0 Å². The molecule has 15 heavy (non-hydrogen) atoms. The average Bonchev–Trinajstić information content (AvgIpc) is 2.46. The second-order valence-corrected chi connectivity index (χ2v) is 10.6. The van der Waals surface area contributed by atoms with E-state index in [-0.39, 0.29) is 17.2 Å². The molecule has 0 radical (unpaired) electrons. The highest BCUT2D eigenvalue weighted by Crippen LogP contribution is 2.36. The summed E-state index contributed by atoms with van der Waals surface area (Å²) in [5, 5.41) is 9.82. The van der Waals surface area contributed by atoms with E-state index in [1.165, 1.54) is 0 Å². The van der Waals surface area contributed by atoms with E-state index in [1.54, 1.807) is 0 Å². The van der Waals surface area contributed by atoms with Crippen molar-refractivity contribution in [3.8, 4) is 0 Å². The Balaban J connectivity index is 2.42. The van der Waals surface area contributed by atoms with Crippen LogP contribution in [0.3, 0.4) is 0 Å². The SMILES string of the molecule is CC(C)(C)[Si](C)(C)OC[C@H]1OCCC1O. The van der Waals surface area contributed by atoms with Crippen molar-refractivity contribution in [2.24, 2.45) is 0 Å². The molecule has 1 unspecified atom stereocenters. The molecule has 0 aromatic heterocycles. The topological polar surface area (TPSA) is 38.7 Å². The zero-order valence-corrected chi connectivity index (χ0v) is 11.5. The van der Waals surface area contributed by atoms with Crippen LogP contribution < -0.4 is 0 Å². The van der Waals surface area contributed by atoms with Crippen LogP contribution in [0.25, 0.3) is 0 Å². The molecule has 0 saturated carbocycles. The van der Waals surface area contributed by atoms with Gasteiger partial charge in [-0.25, -0.2) is 0 Å². The van der Waals surface area contributed by atoms with Crippen LogP contribution in [0, 0.1) is 0 Å². The fourth-order valence-electron chi connectivity index (χ4n) is 1.30. The van der Waals surface area contributed by atoms with E-state index in [0.717, 1.165) is 6.42 Å². The van der Waals surface area contributed by atoms with Gasteiger partial charge in [0.15, 0.2) is 8.32 Å². The van der Waals surface area contributed by atoms with Gasteiger partial charge in [-0.05, 0) is 24.6 Å². The number of ether oxygens (including phenoxy) is 1. The fraction of sp³-hybridized carbons (Fsp3) is 1.00. The summed E-state index contributed by atoms with van der Waals surface area (Å²) < 4.78 is 11.4. The Kier molecular flexibility index (Phi) is 3.98. The van der Waals surface area contributed by atoms with Crippen molar-refractivity contribution >= 4 is 8.32 Å². The molecule has 0 bridgehead atoms. The van der Waals surface area contributed by atoms with E-state index in [0.29, 0.717) is 13.2 Å². The molecule has 1 aliphatic heterocycles. The summed E-state index contributed by atoms with van der Waals surface area (Å²) in [6.45, 7) is 12.3. The first-order valence-electron chi connectivity index (χ1n) is 5.68. The van der Waals surface area contributed by atoms with Crippen LogP contribution in [-0.4, -0.2) is 38.8 Å². The first-order chi connectivity index (χ1) is 6.74. The first-order valence-corrected chi connectivity index (χ1v) is 8.58. The summed E-state index contributed by atoms with van der Waals surface area (Å²) in [6, 6.07) is 0. The number of rotatable bonds is 3. The smallest absolute Gasteiger partial charge is 0.192 e. The third-order valence-corrected chi connectivity index (χ3v) is 8.09. The van der Waals surface area contributed by atoms with Crippen molar-refractivity contribution < 1.29 is 14.3 Å². The zero-order valence-electron chi connectivity index (χ0n) is 10.5. The lowest BCUT2D eigenvalue weighted by Crippen LogP contribution is -2.43. The van der Waals surface area contributed by atoms with Gasteiger partial charge in [0.2, 0.25) is 0 Å². The molecule has 3 nitrogen and oxygen atoms in total. The molecule has 0 aromatic carbocycles. The lowest BCUT2D eigenvalue weighted by molar-refractivity contribution is 0.00746. The van der Waals surface area contributed by atoms with Gasteiger partial charge in [0.1, 0.15) is 6.10 Å². The van der Waals surface area contributed by atoms with Gasteiger partial charge in [-0.15, -0.1) is 0 Å². The molecule has 1 rings (SSSR count). The molecule has 90 valence electrons. The minimum Gasteiger partial charge on any atom is -0.414 e. The van der Waals surface area contributed by atoms with Crippen molar-refractivity contribution in [2.45, 2.75) is 57.5 Å². The Morgan fingerprint density at radius 3 is 2.40 bits per heavy atom. The predicted octanol–water partition coefficient (Wildman–Crippen LogP) is 2.16. The Hall–Kier alpha value is 0.0969. The lowest BCUT2D eigenvalue weighted by Gasteiger charge is -2.37. The summed E-state index contributed by atoms with van der Waals surface area (Å²) in [6.07, 6.45) is 0.291. The number of hydrogen-bond donors (Lipinski definition) is 1. The normalized spacial score (nSPS) is 28.4. The maximum atomic E-state index is 9.60. The lowest BCUT2D eigenvalue weighted by atomic mass is 10.2. The molecule has 1 heterocycles. The van der Waals surface area contributed by atoms with Crippen LogP contribution in [0.2, 0.25) is 18.1 Å². The maximum Gasteiger partial charge on any atom is 0.192 e. The quantitative estimate of drug-likeness (QED) is 0.758. The summed E-state index contributed by atoms with van der Waals surface area (Å²) in [4.78, 5) is 0. The summed E-state index contributed by atoms with van der Waals surface area (Å²) in [5.41, 5.74) is 0. The van der Waals surface area contributed by atoms with Gasteiger partial charge in [-0.2, -0.15) is 0 Å². The molecule has 4 heteroatoms. The first kappa shape index (κ1) is 13.2. The monoisotopic (exact) mass is 232 g/mol. The Morgan fingerprint density at radius 1 is 1.40 bits per heavy atom. The molecule has 1 aliphatic rings. The minimum atomic E-state index is -1.69. The number of hydrogen-bond acceptors (Lipinski definition) is 3. The molecule has 0 aromatic rings. The van der Waals surface area contributed by atoms with E-state index in [2.05, 4.69) is 33.9 Å². The van der Waals surface area contributed by atoms with Crippen LogP contribution in [-0.2, 0) is 9.16 Å². The summed E-state index contributed by atoms with van der Waals surface area (Å²) in [5.74, 6) is 0. The molecule has 1 fully saturated rings. The van der Waals surface area contributed by atoms with Crippen LogP contribution in [0.4, 0.5) is 0 Å². The molecular weight excluding hydrogens is 208 g/mol. The largest absolute Gasteiger partial charge is 0.414 e. The van der Waals surface area contributed by atoms with Gasteiger partial charge < -0.3 is 14.3 Å². The van der Waals surface area contributed by atoms with Gasteiger partial charge in [-0.3, -0.25) is 0 Å². The highest BCUT2D eigenvalue weighted by atomic mass is 28.4. The van der Waals surface area contributed by atoms with E-state index < -0.39 is 8.32 Å². The van der Waals surface area contributed by atoms with Crippen LogP contribution >= 0.6 is 0 Å². The van der Waals surface area contributed by atoms with Gasteiger partial charge >= 0.3 is 0 Å². The predicted molar refractivity (Wildman–Crippen MR) is 63.5 cm³/mol. The van der Waals surface area contributed by atoms with E-state index >= 15 is 0 Å². The average molecular weight is 232 g/mol. The number of aliphatic hydroxyl groups is 1. The van der Waals surface area contributed by atoms with Crippen molar-refractivity contribution in [3.63, 3.8) is 0 Å². The van der Waals surface area contributed by atoms with E-state index in [9.17, 15) is 5.11 Å². The van der Waals surface area contributed by atoms with Crippen molar-refractivity contribution in [3.05, 3.63) is 0 Å². The third kappa shape index (κ3) is 3.28. The fourth-order valence-corrected chi connectivity index (χ4v) is 2.32. The Labute approximate surface area is 93.9 Å².